The van der Waals surface area contributed by atoms with Gasteiger partial charge in [-0.1, -0.05) is 32.9 Å². The predicted molar refractivity (Wildman–Crippen MR) is 70.6 cm³/mol. The van der Waals surface area contributed by atoms with E-state index in [1.54, 1.807) is 13.0 Å². The van der Waals surface area contributed by atoms with Gasteiger partial charge in [0.1, 0.15) is 6.10 Å². The third-order valence-corrected chi connectivity index (χ3v) is 2.66. The molecule has 0 radical (unpaired) electrons. The van der Waals surface area contributed by atoms with Crippen molar-refractivity contribution in [2.45, 2.75) is 46.2 Å². The van der Waals surface area contributed by atoms with E-state index in [2.05, 4.69) is 4.74 Å². The first-order valence-electron chi connectivity index (χ1n) is 6.28. The lowest BCUT2D eigenvalue weighted by Crippen LogP contribution is -2.45. The first-order valence-corrected chi connectivity index (χ1v) is 6.28. The van der Waals surface area contributed by atoms with Crippen LogP contribution < -0.4 is 15.2 Å². The van der Waals surface area contributed by atoms with Crippen molar-refractivity contribution in [3.8, 4) is 11.5 Å². The molecule has 0 aliphatic heterocycles. The number of hydrogen-bond donors (Lipinski definition) is 1. The van der Waals surface area contributed by atoms with Gasteiger partial charge in [-0.2, -0.15) is 0 Å². The molecule has 2 N–H and O–H groups in total. The molecule has 0 saturated carbocycles. The lowest BCUT2D eigenvalue weighted by molar-refractivity contribution is -0.275. The largest absolute Gasteiger partial charge is 0.573 e. The number of rotatable bonds is 4. The number of halogens is 3. The summed E-state index contributed by atoms with van der Waals surface area (Å²) in [6, 6.07) is 5.34. The van der Waals surface area contributed by atoms with Gasteiger partial charge in [0.2, 0.25) is 0 Å². The van der Waals surface area contributed by atoms with Gasteiger partial charge in [-0.3, -0.25) is 0 Å². The minimum Gasteiger partial charge on any atom is -0.484 e. The van der Waals surface area contributed by atoms with Crippen LogP contribution in [0.5, 0.6) is 11.5 Å². The van der Waals surface area contributed by atoms with E-state index < -0.39 is 12.5 Å². The third-order valence-electron chi connectivity index (χ3n) is 2.66. The first-order chi connectivity index (χ1) is 9.00. The van der Waals surface area contributed by atoms with Gasteiger partial charge in [-0.15, -0.1) is 13.2 Å². The van der Waals surface area contributed by atoms with Gasteiger partial charge < -0.3 is 15.2 Å². The van der Waals surface area contributed by atoms with E-state index in [1.807, 2.05) is 20.8 Å². The van der Waals surface area contributed by atoms with E-state index in [4.69, 9.17) is 10.5 Å². The Kier molecular flexibility index (Phi) is 4.91. The Morgan fingerprint density at radius 2 is 1.55 bits per heavy atom. The monoisotopic (exact) mass is 291 g/mol. The molecule has 1 aromatic rings. The molecule has 0 amide bonds. The van der Waals surface area contributed by atoms with E-state index in [-0.39, 0.29) is 23.0 Å². The summed E-state index contributed by atoms with van der Waals surface area (Å²) in [5.41, 5.74) is 5.54. The summed E-state index contributed by atoms with van der Waals surface area (Å²) in [6.07, 6.45) is -5.20. The number of nitrogens with two attached hydrogens (primary N) is 1. The zero-order valence-electron chi connectivity index (χ0n) is 12.0. The summed E-state index contributed by atoms with van der Waals surface area (Å²) < 4.78 is 46.7. The Bertz CT molecular complexity index is 439. The number of benzene rings is 1. The molecule has 0 aromatic heterocycles. The Morgan fingerprint density at radius 3 is 1.95 bits per heavy atom. The molecule has 0 bridgehead atoms. The number of para-hydroxylation sites is 2. The molecule has 0 aliphatic rings. The minimum absolute atomic E-state index is 0.0297. The van der Waals surface area contributed by atoms with Gasteiger partial charge in [0.05, 0.1) is 0 Å². The lowest BCUT2D eigenvalue weighted by Gasteiger charge is -2.34. The van der Waals surface area contributed by atoms with E-state index in [9.17, 15) is 13.2 Å². The molecular weight excluding hydrogens is 271 g/mol. The highest BCUT2D eigenvalue weighted by Crippen LogP contribution is 2.35. The summed E-state index contributed by atoms with van der Waals surface area (Å²) >= 11 is 0. The molecule has 0 fully saturated rings. The minimum atomic E-state index is -4.76. The number of alkyl halides is 3. The molecule has 3 nitrogen and oxygen atoms in total. The molecule has 1 rings (SSSR count). The van der Waals surface area contributed by atoms with Crippen molar-refractivity contribution < 1.29 is 22.6 Å². The number of hydrogen-bond acceptors (Lipinski definition) is 3. The normalized spacial score (nSPS) is 15.6. The van der Waals surface area contributed by atoms with Crippen molar-refractivity contribution in [1.29, 1.82) is 0 Å². The Morgan fingerprint density at radius 1 is 1.05 bits per heavy atom. The predicted octanol–water partition coefficient (Wildman–Crippen LogP) is 3.73. The van der Waals surface area contributed by atoms with Crippen LogP contribution in [-0.4, -0.2) is 18.5 Å². The second-order valence-corrected chi connectivity index (χ2v) is 5.76. The standard InChI is InChI=1S/C14H20F3NO2/c1-9(18)12(13(2,3)4)19-10-7-5-6-8-11(10)20-14(15,16)17/h5-9,12H,18H2,1-4H3. The molecule has 1 aromatic carbocycles. The molecule has 6 heteroatoms. The van der Waals surface area contributed by atoms with Crippen LogP contribution in [0, 0.1) is 5.41 Å². The van der Waals surface area contributed by atoms with E-state index in [1.165, 1.54) is 18.2 Å². The van der Waals surface area contributed by atoms with Gasteiger partial charge in [0, 0.05) is 11.5 Å². The van der Waals surface area contributed by atoms with Gasteiger partial charge >= 0.3 is 6.36 Å². The Labute approximate surface area is 116 Å². The third kappa shape index (κ3) is 4.92. The highest BCUT2D eigenvalue weighted by atomic mass is 19.4. The van der Waals surface area contributed by atoms with Gasteiger partial charge in [0.15, 0.2) is 11.5 Å². The van der Waals surface area contributed by atoms with E-state index >= 15 is 0 Å². The molecule has 0 spiro atoms. The summed E-state index contributed by atoms with van der Waals surface area (Å²) in [7, 11) is 0. The molecular formula is C14H20F3NO2. The molecule has 0 saturated heterocycles. The highest BCUT2D eigenvalue weighted by molar-refractivity contribution is 5.40. The fraction of sp³-hybridized carbons (Fsp3) is 0.571. The molecule has 0 aliphatic carbocycles. The zero-order valence-corrected chi connectivity index (χ0v) is 12.0. The van der Waals surface area contributed by atoms with Crippen LogP contribution in [0.2, 0.25) is 0 Å². The van der Waals surface area contributed by atoms with Gasteiger partial charge in [-0.05, 0) is 19.1 Å². The fourth-order valence-corrected chi connectivity index (χ4v) is 1.97. The van der Waals surface area contributed by atoms with Crippen LogP contribution in [0.15, 0.2) is 24.3 Å². The molecule has 20 heavy (non-hydrogen) atoms. The van der Waals surface area contributed by atoms with Crippen LogP contribution in [0.25, 0.3) is 0 Å². The quantitative estimate of drug-likeness (QED) is 0.919. The van der Waals surface area contributed by atoms with Crippen molar-refractivity contribution >= 4 is 0 Å². The van der Waals surface area contributed by atoms with Crippen LogP contribution in [0.4, 0.5) is 13.2 Å². The molecule has 114 valence electrons. The summed E-state index contributed by atoms with van der Waals surface area (Å²) in [5.74, 6) is -0.336. The van der Waals surface area contributed by atoms with Crippen molar-refractivity contribution in [1.82, 2.24) is 0 Å². The summed E-state index contributed by atoms with van der Waals surface area (Å²) in [5, 5.41) is 0. The smallest absolute Gasteiger partial charge is 0.484 e. The maximum Gasteiger partial charge on any atom is 0.573 e. The average Bonchev–Trinajstić information content (AvgIpc) is 2.23. The molecule has 0 heterocycles. The van der Waals surface area contributed by atoms with Crippen LogP contribution in [0.1, 0.15) is 27.7 Å². The zero-order chi connectivity index (χ0) is 15.6. The SMILES string of the molecule is CC(N)C(Oc1ccccc1OC(F)(F)F)C(C)(C)C. The van der Waals surface area contributed by atoms with Crippen molar-refractivity contribution in [2.75, 3.05) is 0 Å². The van der Waals surface area contributed by atoms with E-state index in [0.717, 1.165) is 0 Å². The Balaban J connectivity index is 3.02. The van der Waals surface area contributed by atoms with E-state index in [0.29, 0.717) is 0 Å². The Hall–Kier alpha value is -1.43. The summed E-state index contributed by atoms with van der Waals surface area (Å²) in [6.45, 7) is 7.49. The van der Waals surface area contributed by atoms with Crippen LogP contribution >= 0.6 is 0 Å². The summed E-state index contributed by atoms with van der Waals surface area (Å²) in [4.78, 5) is 0. The van der Waals surface area contributed by atoms with Crippen LogP contribution in [-0.2, 0) is 0 Å². The van der Waals surface area contributed by atoms with Crippen molar-refractivity contribution in [2.24, 2.45) is 11.1 Å². The second-order valence-electron chi connectivity index (χ2n) is 5.76. The van der Waals surface area contributed by atoms with Crippen molar-refractivity contribution in [3.63, 3.8) is 0 Å². The molecule has 2 unspecified atom stereocenters. The highest BCUT2D eigenvalue weighted by Gasteiger charge is 2.34. The second kappa shape index (κ2) is 5.91. The van der Waals surface area contributed by atoms with Crippen molar-refractivity contribution in [3.05, 3.63) is 24.3 Å². The van der Waals surface area contributed by atoms with Gasteiger partial charge in [-0.25, -0.2) is 0 Å². The van der Waals surface area contributed by atoms with Crippen LogP contribution in [0.3, 0.4) is 0 Å². The fourth-order valence-electron chi connectivity index (χ4n) is 1.97. The maximum atomic E-state index is 12.3. The first kappa shape index (κ1) is 16.6. The van der Waals surface area contributed by atoms with Gasteiger partial charge in [0.25, 0.3) is 0 Å². The maximum absolute atomic E-state index is 12.3. The topological polar surface area (TPSA) is 44.5 Å². The number of ether oxygens (including phenoxy) is 2. The molecule has 2 atom stereocenters. The lowest BCUT2D eigenvalue weighted by atomic mass is 9.85. The average molecular weight is 291 g/mol.